The Morgan fingerprint density at radius 1 is 0.920 bits per heavy atom. The molecule has 0 atom stereocenters. The van der Waals surface area contributed by atoms with Gasteiger partial charge < -0.3 is 24.7 Å². The SMILES string of the molecule is COc1ccc(/C(C#N)=C/c2cc(OC)c(OC)c(OC)c2)cc1N. The third kappa shape index (κ3) is 3.78. The first kappa shape index (κ1) is 18.0. The summed E-state index contributed by atoms with van der Waals surface area (Å²) in [5.41, 5.74) is 8.27. The molecule has 0 aliphatic heterocycles. The maximum atomic E-state index is 9.53. The van der Waals surface area contributed by atoms with Crippen LogP contribution in [0.1, 0.15) is 11.1 Å². The van der Waals surface area contributed by atoms with Crippen LogP contribution in [-0.4, -0.2) is 28.4 Å². The number of nitrogen functional groups attached to an aromatic ring is 1. The van der Waals surface area contributed by atoms with E-state index in [1.807, 2.05) is 0 Å². The number of anilines is 1. The zero-order valence-electron chi connectivity index (χ0n) is 14.6. The summed E-state index contributed by atoms with van der Waals surface area (Å²) in [4.78, 5) is 0. The lowest BCUT2D eigenvalue weighted by Crippen LogP contribution is -1.96. The van der Waals surface area contributed by atoms with Crippen molar-refractivity contribution in [2.75, 3.05) is 34.2 Å². The van der Waals surface area contributed by atoms with E-state index in [9.17, 15) is 5.26 Å². The van der Waals surface area contributed by atoms with Crippen molar-refractivity contribution < 1.29 is 18.9 Å². The Hall–Kier alpha value is -3.33. The summed E-state index contributed by atoms with van der Waals surface area (Å²) in [5, 5.41) is 9.53. The van der Waals surface area contributed by atoms with E-state index >= 15 is 0 Å². The van der Waals surface area contributed by atoms with Crippen molar-refractivity contribution >= 4 is 17.3 Å². The first-order valence-electron chi connectivity index (χ1n) is 7.43. The number of rotatable bonds is 6. The molecule has 0 saturated heterocycles. The topological polar surface area (TPSA) is 86.7 Å². The maximum absolute atomic E-state index is 9.53. The highest BCUT2D eigenvalue weighted by Crippen LogP contribution is 2.39. The van der Waals surface area contributed by atoms with Gasteiger partial charge in [-0.15, -0.1) is 0 Å². The molecular formula is C19H20N2O4. The minimum atomic E-state index is 0.448. The van der Waals surface area contributed by atoms with E-state index in [2.05, 4.69) is 6.07 Å². The number of hydrogen-bond donors (Lipinski definition) is 1. The molecule has 2 N–H and O–H groups in total. The van der Waals surface area contributed by atoms with Gasteiger partial charge in [-0.3, -0.25) is 0 Å². The fourth-order valence-corrected chi connectivity index (χ4v) is 2.43. The lowest BCUT2D eigenvalue weighted by molar-refractivity contribution is 0.324. The maximum Gasteiger partial charge on any atom is 0.203 e. The smallest absolute Gasteiger partial charge is 0.203 e. The Morgan fingerprint density at radius 2 is 1.52 bits per heavy atom. The highest BCUT2D eigenvalue weighted by Gasteiger charge is 2.13. The molecule has 0 aliphatic rings. The zero-order chi connectivity index (χ0) is 18.4. The van der Waals surface area contributed by atoms with E-state index < -0.39 is 0 Å². The fourth-order valence-electron chi connectivity index (χ4n) is 2.43. The molecule has 0 saturated carbocycles. The van der Waals surface area contributed by atoms with Gasteiger partial charge in [-0.25, -0.2) is 0 Å². The van der Waals surface area contributed by atoms with Crippen LogP contribution in [0.25, 0.3) is 11.6 Å². The summed E-state index contributed by atoms with van der Waals surface area (Å²) in [5.74, 6) is 2.09. The van der Waals surface area contributed by atoms with Crippen LogP contribution in [0, 0.1) is 11.3 Å². The van der Waals surface area contributed by atoms with E-state index in [4.69, 9.17) is 24.7 Å². The van der Waals surface area contributed by atoms with Crippen LogP contribution in [0.4, 0.5) is 5.69 Å². The summed E-state index contributed by atoms with van der Waals surface area (Å²) < 4.78 is 21.1. The van der Waals surface area contributed by atoms with Crippen molar-refractivity contribution in [1.29, 1.82) is 5.26 Å². The van der Waals surface area contributed by atoms with Crippen molar-refractivity contribution in [3.8, 4) is 29.1 Å². The van der Waals surface area contributed by atoms with E-state index in [0.29, 0.717) is 39.8 Å². The summed E-state index contributed by atoms with van der Waals surface area (Å²) >= 11 is 0. The van der Waals surface area contributed by atoms with Crippen LogP contribution in [0.5, 0.6) is 23.0 Å². The molecule has 0 heterocycles. The van der Waals surface area contributed by atoms with E-state index in [-0.39, 0.29) is 0 Å². The predicted molar refractivity (Wildman–Crippen MR) is 97.0 cm³/mol. The molecule has 6 nitrogen and oxygen atoms in total. The Morgan fingerprint density at radius 3 is 1.96 bits per heavy atom. The van der Waals surface area contributed by atoms with Crippen LogP contribution in [0.15, 0.2) is 30.3 Å². The monoisotopic (exact) mass is 340 g/mol. The standard InChI is InChI=1S/C19H20N2O4/c1-22-16-6-5-13(10-15(16)21)14(11-20)7-12-8-17(23-2)19(25-4)18(9-12)24-3/h5-10H,21H2,1-4H3/b14-7+. The lowest BCUT2D eigenvalue weighted by atomic mass is 10.0. The number of hydrogen-bond acceptors (Lipinski definition) is 6. The molecule has 0 radical (unpaired) electrons. The summed E-state index contributed by atoms with van der Waals surface area (Å²) in [7, 11) is 6.17. The van der Waals surface area contributed by atoms with Crippen molar-refractivity contribution in [3.63, 3.8) is 0 Å². The summed E-state index contributed by atoms with van der Waals surface area (Å²) in [6.45, 7) is 0. The molecule has 25 heavy (non-hydrogen) atoms. The number of allylic oxidation sites excluding steroid dienone is 1. The van der Waals surface area contributed by atoms with Crippen LogP contribution in [-0.2, 0) is 0 Å². The van der Waals surface area contributed by atoms with Crippen LogP contribution < -0.4 is 24.7 Å². The van der Waals surface area contributed by atoms with Gasteiger partial charge in [0.25, 0.3) is 0 Å². The average Bonchev–Trinajstić information content (AvgIpc) is 2.64. The van der Waals surface area contributed by atoms with Gasteiger partial charge in [0.05, 0.1) is 45.8 Å². The quantitative estimate of drug-likeness (QED) is 0.493. The Bertz CT molecular complexity index is 813. The van der Waals surface area contributed by atoms with Crippen LogP contribution in [0.2, 0.25) is 0 Å². The number of nitrogens with zero attached hydrogens (tertiary/aromatic N) is 1. The zero-order valence-corrected chi connectivity index (χ0v) is 14.6. The molecule has 0 amide bonds. The van der Waals surface area contributed by atoms with E-state index in [0.717, 1.165) is 5.56 Å². The second-order valence-corrected chi connectivity index (χ2v) is 5.09. The molecule has 0 fully saturated rings. The molecular weight excluding hydrogens is 320 g/mol. The van der Waals surface area contributed by atoms with Crippen molar-refractivity contribution in [1.82, 2.24) is 0 Å². The van der Waals surface area contributed by atoms with Gasteiger partial charge in [-0.05, 0) is 47.5 Å². The van der Waals surface area contributed by atoms with Gasteiger partial charge in [0, 0.05) is 0 Å². The first-order valence-corrected chi connectivity index (χ1v) is 7.43. The highest BCUT2D eigenvalue weighted by molar-refractivity contribution is 5.91. The third-order valence-corrected chi connectivity index (χ3v) is 3.66. The highest BCUT2D eigenvalue weighted by atomic mass is 16.5. The molecule has 130 valence electrons. The van der Waals surface area contributed by atoms with Gasteiger partial charge in [-0.2, -0.15) is 5.26 Å². The molecule has 2 aromatic rings. The largest absolute Gasteiger partial charge is 0.495 e. The molecule has 0 aliphatic carbocycles. The van der Waals surface area contributed by atoms with Gasteiger partial charge >= 0.3 is 0 Å². The van der Waals surface area contributed by atoms with Gasteiger partial charge in [0.15, 0.2) is 11.5 Å². The number of benzene rings is 2. The molecule has 6 heteroatoms. The molecule has 0 unspecified atom stereocenters. The Balaban J connectivity index is 2.53. The number of ether oxygens (including phenoxy) is 4. The number of nitriles is 1. The van der Waals surface area contributed by atoms with Crippen molar-refractivity contribution in [3.05, 3.63) is 41.5 Å². The lowest BCUT2D eigenvalue weighted by Gasteiger charge is -2.13. The normalized spacial score (nSPS) is 10.8. The van der Waals surface area contributed by atoms with E-state index in [1.54, 1.807) is 57.7 Å². The second-order valence-electron chi connectivity index (χ2n) is 5.09. The van der Waals surface area contributed by atoms with Crippen molar-refractivity contribution in [2.45, 2.75) is 0 Å². The third-order valence-electron chi connectivity index (χ3n) is 3.66. The minimum absolute atomic E-state index is 0.448. The number of methoxy groups -OCH3 is 4. The van der Waals surface area contributed by atoms with Gasteiger partial charge in [0.2, 0.25) is 5.75 Å². The average molecular weight is 340 g/mol. The molecule has 2 aromatic carbocycles. The predicted octanol–water partition coefficient (Wildman–Crippen LogP) is 3.37. The Kier molecular flexibility index (Phi) is 5.75. The molecule has 0 spiro atoms. The van der Waals surface area contributed by atoms with Gasteiger partial charge in [0.1, 0.15) is 5.75 Å². The summed E-state index contributed by atoms with van der Waals surface area (Å²) in [6, 6.07) is 10.9. The molecule has 0 aromatic heterocycles. The second kappa shape index (κ2) is 7.97. The Labute approximate surface area is 147 Å². The first-order chi connectivity index (χ1) is 12.1. The fraction of sp³-hybridized carbons (Fsp3) is 0.211. The summed E-state index contributed by atoms with van der Waals surface area (Å²) in [6.07, 6.45) is 1.73. The van der Waals surface area contributed by atoms with Crippen molar-refractivity contribution in [2.24, 2.45) is 0 Å². The van der Waals surface area contributed by atoms with Crippen LogP contribution >= 0.6 is 0 Å². The molecule has 0 bridgehead atoms. The van der Waals surface area contributed by atoms with Crippen LogP contribution in [0.3, 0.4) is 0 Å². The van der Waals surface area contributed by atoms with E-state index in [1.165, 1.54) is 7.11 Å². The molecule has 2 rings (SSSR count). The number of nitrogens with two attached hydrogens (primary N) is 1. The minimum Gasteiger partial charge on any atom is -0.495 e. The van der Waals surface area contributed by atoms with Gasteiger partial charge in [-0.1, -0.05) is 0 Å².